The molecule has 0 aliphatic heterocycles. The van der Waals surface area contributed by atoms with Crippen LogP contribution in [0.25, 0.3) is 22.2 Å². The van der Waals surface area contributed by atoms with Crippen molar-refractivity contribution in [2.75, 3.05) is 14.1 Å². The lowest BCUT2D eigenvalue weighted by molar-refractivity contribution is 0.423. The monoisotopic (exact) mass is 437 g/mol. The smallest absolute Gasteiger partial charge is 0.123 e. The largest absolute Gasteiger partial charge is 0.392 e. The summed E-state index contributed by atoms with van der Waals surface area (Å²) in [5, 5.41) is 4.35. The third-order valence-electron chi connectivity index (χ3n) is 6.12. The van der Waals surface area contributed by atoms with E-state index in [-0.39, 0.29) is 5.82 Å². The van der Waals surface area contributed by atoms with Gasteiger partial charge in [0, 0.05) is 29.3 Å². The lowest BCUT2D eigenvalue weighted by atomic mass is 9.78. The summed E-state index contributed by atoms with van der Waals surface area (Å²) in [5.74, 6) is 0.451. The molecule has 174 valence electrons. The van der Waals surface area contributed by atoms with Crippen LogP contribution < -0.4 is 11.1 Å². The zero-order valence-corrected chi connectivity index (χ0v) is 20.4. The first-order valence-corrected chi connectivity index (χ1v) is 11.8. The quantitative estimate of drug-likeness (QED) is 0.378. The van der Waals surface area contributed by atoms with Crippen LogP contribution in [0.2, 0.25) is 0 Å². The van der Waals surface area contributed by atoms with Crippen LogP contribution in [0.15, 0.2) is 48.7 Å². The number of halogens is 1. The van der Waals surface area contributed by atoms with Crippen molar-refractivity contribution >= 4 is 10.9 Å². The fourth-order valence-electron chi connectivity index (χ4n) is 4.15. The first-order chi connectivity index (χ1) is 15.4. The maximum atomic E-state index is 13.3. The Bertz CT molecular complexity index is 998. The third kappa shape index (κ3) is 6.23. The number of hydrogen-bond acceptors (Lipinski definition) is 2. The molecule has 1 fully saturated rings. The van der Waals surface area contributed by atoms with E-state index >= 15 is 0 Å². The Morgan fingerprint density at radius 3 is 2.34 bits per heavy atom. The van der Waals surface area contributed by atoms with Gasteiger partial charge in [0.1, 0.15) is 5.82 Å². The second-order valence-corrected chi connectivity index (χ2v) is 8.51. The van der Waals surface area contributed by atoms with E-state index in [0.717, 1.165) is 17.7 Å². The molecule has 1 heterocycles. The molecule has 1 aliphatic rings. The predicted molar refractivity (Wildman–Crippen MR) is 138 cm³/mol. The minimum atomic E-state index is -0.183. The average molecular weight is 438 g/mol. The molecule has 4 heteroatoms. The van der Waals surface area contributed by atoms with Crippen LogP contribution >= 0.6 is 0 Å². The zero-order chi connectivity index (χ0) is 23.7. The van der Waals surface area contributed by atoms with E-state index in [9.17, 15) is 4.39 Å². The van der Waals surface area contributed by atoms with Crippen LogP contribution in [0.3, 0.4) is 0 Å². The van der Waals surface area contributed by atoms with Crippen molar-refractivity contribution in [3.63, 3.8) is 0 Å². The molecule has 3 aromatic rings. The summed E-state index contributed by atoms with van der Waals surface area (Å²) < 4.78 is 13.3. The highest BCUT2D eigenvalue weighted by atomic mass is 19.1. The van der Waals surface area contributed by atoms with E-state index in [4.69, 9.17) is 0 Å². The van der Waals surface area contributed by atoms with Gasteiger partial charge >= 0.3 is 0 Å². The molecular formula is C28H40FN3. The predicted octanol–water partition coefficient (Wildman–Crippen LogP) is 7.34. The van der Waals surface area contributed by atoms with E-state index in [2.05, 4.69) is 55.5 Å². The van der Waals surface area contributed by atoms with Crippen molar-refractivity contribution in [2.24, 2.45) is 5.73 Å². The molecule has 0 spiro atoms. The summed E-state index contributed by atoms with van der Waals surface area (Å²) >= 11 is 0. The van der Waals surface area contributed by atoms with Crippen molar-refractivity contribution in [1.29, 1.82) is 0 Å². The fourth-order valence-corrected chi connectivity index (χ4v) is 4.15. The van der Waals surface area contributed by atoms with Crippen LogP contribution in [-0.4, -0.2) is 19.1 Å². The highest BCUT2D eigenvalue weighted by molar-refractivity contribution is 5.94. The van der Waals surface area contributed by atoms with Crippen molar-refractivity contribution in [3.05, 3.63) is 71.2 Å². The minimum Gasteiger partial charge on any atom is -0.392 e. The number of aromatic amines is 1. The summed E-state index contributed by atoms with van der Waals surface area (Å²) in [6.07, 6.45) is 7.45. The van der Waals surface area contributed by atoms with Crippen molar-refractivity contribution < 1.29 is 4.39 Å². The SMILES string of the molecule is C=C(CCCC)NC.CN.Cc1cc(C)c2[nH]c(-c3ccc(F)cc3)c(C3CCC3)c2c1. The van der Waals surface area contributed by atoms with Crippen molar-refractivity contribution in [1.82, 2.24) is 10.3 Å². The first-order valence-electron chi connectivity index (χ1n) is 11.8. The Morgan fingerprint density at radius 1 is 1.16 bits per heavy atom. The molecule has 1 saturated carbocycles. The highest BCUT2D eigenvalue weighted by Crippen LogP contribution is 2.45. The molecule has 0 unspecified atom stereocenters. The topological polar surface area (TPSA) is 53.8 Å². The molecule has 4 N–H and O–H groups in total. The molecule has 0 radical (unpaired) electrons. The first kappa shape index (κ1) is 25.7. The summed E-state index contributed by atoms with van der Waals surface area (Å²) in [5.41, 5.74) is 13.1. The molecule has 0 saturated heterocycles. The lowest BCUT2D eigenvalue weighted by Crippen LogP contribution is -2.09. The summed E-state index contributed by atoms with van der Waals surface area (Å²) in [4.78, 5) is 3.62. The Hall–Kier alpha value is -2.59. The Kier molecular flexibility index (Phi) is 9.98. The van der Waals surface area contributed by atoms with Crippen LogP contribution in [-0.2, 0) is 0 Å². The van der Waals surface area contributed by atoms with E-state index in [1.165, 1.54) is 72.4 Å². The molecule has 0 bridgehead atoms. The van der Waals surface area contributed by atoms with Gasteiger partial charge in [0.2, 0.25) is 0 Å². The number of benzene rings is 2. The molecule has 1 aliphatic carbocycles. The van der Waals surface area contributed by atoms with Gasteiger partial charge in [0.15, 0.2) is 0 Å². The number of hydrogen-bond donors (Lipinski definition) is 3. The number of unbranched alkanes of at least 4 members (excludes halogenated alkanes) is 1. The Balaban J connectivity index is 0.000000311. The van der Waals surface area contributed by atoms with Crippen LogP contribution in [0.5, 0.6) is 0 Å². The third-order valence-corrected chi connectivity index (χ3v) is 6.12. The van der Waals surface area contributed by atoms with E-state index in [0.29, 0.717) is 5.92 Å². The van der Waals surface area contributed by atoms with Gasteiger partial charge in [-0.15, -0.1) is 0 Å². The summed E-state index contributed by atoms with van der Waals surface area (Å²) in [6.45, 7) is 10.3. The Labute approximate surface area is 193 Å². The molecule has 3 nitrogen and oxygen atoms in total. The standard InChI is InChI=1S/C20H20FN.C7H15N.CH5N/c1-12-10-13(2)19-17(11-12)18(14-4-3-5-14)20(22-19)15-6-8-16(21)9-7-15;1-4-5-6-7(2)8-3;1-2/h6-11,14,22H,3-5H2,1-2H3;8H,2,4-6H2,1,3H3;2H2,1H3. The summed E-state index contributed by atoms with van der Waals surface area (Å²) in [6, 6.07) is 11.4. The average Bonchev–Trinajstić information content (AvgIpc) is 3.12. The maximum Gasteiger partial charge on any atom is 0.123 e. The van der Waals surface area contributed by atoms with E-state index < -0.39 is 0 Å². The number of allylic oxidation sites excluding steroid dienone is 1. The molecular weight excluding hydrogens is 397 g/mol. The van der Waals surface area contributed by atoms with Gasteiger partial charge in [0.25, 0.3) is 0 Å². The molecule has 32 heavy (non-hydrogen) atoms. The van der Waals surface area contributed by atoms with Gasteiger partial charge in [0.05, 0.1) is 0 Å². The molecule has 0 atom stereocenters. The second kappa shape index (κ2) is 12.4. The highest BCUT2D eigenvalue weighted by Gasteiger charge is 2.27. The van der Waals surface area contributed by atoms with Crippen molar-refractivity contribution in [2.45, 2.75) is 65.2 Å². The van der Waals surface area contributed by atoms with Crippen LogP contribution in [0, 0.1) is 19.7 Å². The molecule has 0 amide bonds. The fraction of sp³-hybridized carbons (Fsp3) is 0.429. The van der Waals surface area contributed by atoms with Crippen LogP contribution in [0.1, 0.15) is 68.1 Å². The summed E-state index contributed by atoms with van der Waals surface area (Å²) in [7, 11) is 3.41. The number of fused-ring (bicyclic) bond motifs is 1. The maximum absolute atomic E-state index is 13.3. The van der Waals surface area contributed by atoms with E-state index in [1.807, 2.05) is 19.2 Å². The molecule has 1 aromatic heterocycles. The minimum absolute atomic E-state index is 0.183. The second-order valence-electron chi connectivity index (χ2n) is 8.51. The van der Waals surface area contributed by atoms with Crippen molar-refractivity contribution in [3.8, 4) is 11.3 Å². The molecule has 2 aromatic carbocycles. The number of aryl methyl sites for hydroxylation is 2. The zero-order valence-electron chi connectivity index (χ0n) is 20.4. The van der Waals surface area contributed by atoms with Gasteiger partial charge in [-0.2, -0.15) is 0 Å². The van der Waals surface area contributed by atoms with E-state index in [1.54, 1.807) is 12.1 Å². The number of aromatic nitrogens is 1. The molecule has 4 rings (SSSR count). The van der Waals surface area contributed by atoms with Gasteiger partial charge in [-0.3, -0.25) is 0 Å². The van der Waals surface area contributed by atoms with Gasteiger partial charge in [-0.05, 0) is 99.5 Å². The number of rotatable bonds is 6. The van der Waals surface area contributed by atoms with Gasteiger partial charge in [-0.1, -0.05) is 38.0 Å². The van der Waals surface area contributed by atoms with Gasteiger partial charge < -0.3 is 16.0 Å². The van der Waals surface area contributed by atoms with Crippen LogP contribution in [0.4, 0.5) is 4.39 Å². The number of H-pyrrole nitrogens is 1. The number of nitrogens with two attached hydrogens (primary N) is 1. The normalized spacial score (nSPS) is 12.8. The number of nitrogens with one attached hydrogen (secondary N) is 2. The lowest BCUT2D eigenvalue weighted by Gasteiger charge is -2.26. The Morgan fingerprint density at radius 2 is 1.81 bits per heavy atom. The van der Waals surface area contributed by atoms with Gasteiger partial charge in [-0.25, -0.2) is 4.39 Å².